The number of halogens is 3. The fraction of sp³-hybridized carbons (Fsp3) is 0.700. The third-order valence-electron chi connectivity index (χ3n) is 5.75. The van der Waals surface area contributed by atoms with Crippen molar-refractivity contribution in [2.24, 2.45) is 17.3 Å². The number of carbonyl (C=O) groups is 2. The first-order valence-corrected chi connectivity index (χ1v) is 9.59. The van der Waals surface area contributed by atoms with E-state index in [1.54, 1.807) is 0 Å². The summed E-state index contributed by atoms with van der Waals surface area (Å²) in [6.45, 7) is 4.17. The average molecular weight is 401 g/mol. The number of hydrogen-bond acceptors (Lipinski definition) is 5. The Hall–Kier alpha value is -1.83. The van der Waals surface area contributed by atoms with Gasteiger partial charge in [-0.2, -0.15) is 13.2 Å². The first-order chi connectivity index (χ1) is 13.0. The van der Waals surface area contributed by atoms with Gasteiger partial charge < -0.3 is 14.1 Å². The molecule has 2 aliphatic carbocycles. The first kappa shape index (κ1) is 20.9. The van der Waals surface area contributed by atoms with Crippen LogP contribution in [0.5, 0.6) is 0 Å². The average Bonchev–Trinajstić information content (AvgIpc) is 3.20. The molecule has 0 saturated heterocycles. The van der Waals surface area contributed by atoms with Crippen molar-refractivity contribution in [2.45, 2.75) is 45.7 Å². The molecule has 2 unspecified atom stereocenters. The van der Waals surface area contributed by atoms with Gasteiger partial charge in [-0.15, -0.1) is 0 Å². The van der Waals surface area contributed by atoms with Crippen molar-refractivity contribution in [2.75, 3.05) is 27.2 Å². The van der Waals surface area contributed by atoms with E-state index in [4.69, 9.17) is 9.15 Å². The van der Waals surface area contributed by atoms with E-state index in [0.29, 0.717) is 6.42 Å². The van der Waals surface area contributed by atoms with Crippen molar-refractivity contribution >= 4 is 11.8 Å². The molecule has 1 aromatic rings. The van der Waals surface area contributed by atoms with Crippen molar-refractivity contribution in [3.8, 4) is 0 Å². The van der Waals surface area contributed by atoms with Gasteiger partial charge in [-0.25, -0.2) is 4.79 Å². The summed E-state index contributed by atoms with van der Waals surface area (Å²) < 4.78 is 51.4. The molecule has 8 heteroatoms. The number of hydrogen-bond donors (Lipinski definition) is 0. The van der Waals surface area contributed by atoms with Crippen molar-refractivity contribution in [3.63, 3.8) is 0 Å². The van der Waals surface area contributed by atoms with Gasteiger partial charge in [-0.1, -0.05) is 6.92 Å². The number of carbonyl (C=O) groups excluding carboxylic acids is 2. The van der Waals surface area contributed by atoms with E-state index in [1.807, 2.05) is 25.9 Å². The summed E-state index contributed by atoms with van der Waals surface area (Å²) in [4.78, 5) is 27.3. The highest BCUT2D eigenvalue weighted by Crippen LogP contribution is 2.61. The van der Waals surface area contributed by atoms with Gasteiger partial charge in [0.25, 0.3) is 0 Å². The van der Waals surface area contributed by atoms with Gasteiger partial charge >= 0.3 is 12.1 Å². The minimum atomic E-state index is -4.87. The molecule has 156 valence electrons. The van der Waals surface area contributed by atoms with Crippen LogP contribution in [0.2, 0.25) is 0 Å². The largest absolute Gasteiger partial charge is 0.460 e. The zero-order valence-electron chi connectivity index (χ0n) is 16.6. The molecule has 2 aliphatic rings. The molecule has 1 spiro atoms. The number of alkyl halides is 3. The Kier molecular flexibility index (Phi) is 5.38. The van der Waals surface area contributed by atoms with Crippen LogP contribution in [0.4, 0.5) is 13.2 Å². The number of ether oxygens (including phenoxy) is 1. The summed E-state index contributed by atoms with van der Waals surface area (Å²) in [5.41, 5.74) is -2.07. The van der Waals surface area contributed by atoms with Crippen LogP contribution in [0, 0.1) is 17.3 Å². The van der Waals surface area contributed by atoms with Gasteiger partial charge in [0.05, 0.1) is 12.2 Å². The van der Waals surface area contributed by atoms with Crippen LogP contribution in [0.1, 0.15) is 65.3 Å². The lowest BCUT2D eigenvalue weighted by Crippen LogP contribution is -2.36. The molecule has 1 heterocycles. The van der Waals surface area contributed by atoms with Gasteiger partial charge in [0.2, 0.25) is 5.76 Å². The van der Waals surface area contributed by atoms with E-state index in [9.17, 15) is 22.8 Å². The van der Waals surface area contributed by atoms with E-state index in [0.717, 1.165) is 19.4 Å². The molecule has 0 aromatic carbocycles. The number of fused-ring (bicyclic) bond motifs is 1. The number of ketones is 1. The molecule has 2 atom stereocenters. The molecule has 0 radical (unpaired) electrons. The number of nitrogens with zero attached hydrogens (tertiary/aromatic N) is 1. The predicted octanol–water partition coefficient (Wildman–Crippen LogP) is 4.20. The van der Waals surface area contributed by atoms with E-state index in [2.05, 4.69) is 0 Å². The standard InChI is InChI=1S/C20H26F3NO4/c1-5-27-18(26)17-15(20(21,22)23)14-13(28-17)9-19(6-7-19)12(16(14)25)8-11(2)10-24(3)4/h11-12H,5-10H2,1-4H3. The maximum absolute atomic E-state index is 13.8. The van der Waals surface area contributed by atoms with Gasteiger partial charge in [0, 0.05) is 18.9 Å². The third-order valence-corrected chi connectivity index (χ3v) is 5.75. The Balaban J connectivity index is 2.03. The lowest BCUT2D eigenvalue weighted by molar-refractivity contribution is -0.139. The van der Waals surface area contributed by atoms with Crippen LogP contribution in [0.3, 0.4) is 0 Å². The minimum Gasteiger partial charge on any atom is -0.460 e. The fourth-order valence-electron chi connectivity index (χ4n) is 4.51. The van der Waals surface area contributed by atoms with Crippen LogP contribution in [0.25, 0.3) is 0 Å². The third kappa shape index (κ3) is 3.71. The summed E-state index contributed by atoms with van der Waals surface area (Å²) in [5, 5.41) is 0. The molecule has 0 amide bonds. The number of rotatable bonds is 6. The second kappa shape index (κ2) is 7.21. The normalized spacial score (nSPS) is 21.7. The SMILES string of the molecule is CCOC(=O)c1oc2c(c1C(F)(F)F)C(=O)C(CC(C)CN(C)C)C1(CC1)C2. The van der Waals surface area contributed by atoms with Gasteiger partial charge in [0.1, 0.15) is 11.3 Å². The molecule has 0 aliphatic heterocycles. The summed E-state index contributed by atoms with van der Waals surface area (Å²) >= 11 is 0. The molecule has 1 saturated carbocycles. The van der Waals surface area contributed by atoms with Crippen LogP contribution < -0.4 is 0 Å². The number of esters is 1. The lowest BCUT2D eigenvalue weighted by Gasteiger charge is -2.32. The Morgan fingerprint density at radius 3 is 2.50 bits per heavy atom. The Morgan fingerprint density at radius 1 is 1.36 bits per heavy atom. The van der Waals surface area contributed by atoms with Crippen molar-refractivity contribution < 1.29 is 31.9 Å². The van der Waals surface area contributed by atoms with E-state index in [-0.39, 0.29) is 30.1 Å². The van der Waals surface area contributed by atoms with Crippen LogP contribution in [0.15, 0.2) is 4.42 Å². The maximum Gasteiger partial charge on any atom is 0.421 e. The molecule has 1 aromatic heterocycles. The van der Waals surface area contributed by atoms with Gasteiger partial charge in [-0.05, 0) is 51.6 Å². The molecule has 0 bridgehead atoms. The lowest BCUT2D eigenvalue weighted by atomic mass is 9.70. The molecule has 28 heavy (non-hydrogen) atoms. The van der Waals surface area contributed by atoms with Gasteiger partial charge in [-0.3, -0.25) is 4.79 Å². The highest BCUT2D eigenvalue weighted by atomic mass is 19.4. The Bertz CT molecular complexity index is 777. The monoisotopic (exact) mass is 401 g/mol. The van der Waals surface area contributed by atoms with Crippen LogP contribution in [-0.2, 0) is 17.3 Å². The summed E-state index contributed by atoms with van der Waals surface area (Å²) in [6.07, 6.45) is -2.52. The van der Waals surface area contributed by atoms with Crippen LogP contribution >= 0.6 is 0 Å². The molecule has 1 fully saturated rings. The smallest absolute Gasteiger partial charge is 0.421 e. The molecular formula is C20H26F3NO4. The summed E-state index contributed by atoms with van der Waals surface area (Å²) in [5.74, 6) is -2.97. The predicted molar refractivity (Wildman–Crippen MR) is 95.2 cm³/mol. The zero-order chi connectivity index (χ0) is 20.9. The topological polar surface area (TPSA) is 59.8 Å². The quantitative estimate of drug-likeness (QED) is 0.669. The maximum atomic E-state index is 13.8. The summed E-state index contributed by atoms with van der Waals surface area (Å²) in [6, 6.07) is 0. The van der Waals surface area contributed by atoms with Gasteiger partial charge in [0.15, 0.2) is 5.78 Å². The van der Waals surface area contributed by atoms with E-state index < -0.39 is 40.7 Å². The fourth-order valence-corrected chi connectivity index (χ4v) is 4.51. The van der Waals surface area contributed by atoms with Crippen LogP contribution in [-0.4, -0.2) is 43.9 Å². The summed E-state index contributed by atoms with van der Waals surface area (Å²) in [7, 11) is 3.85. The molecule has 3 rings (SSSR count). The van der Waals surface area contributed by atoms with E-state index >= 15 is 0 Å². The molecule has 0 N–H and O–H groups in total. The van der Waals surface area contributed by atoms with Crippen molar-refractivity contribution in [3.05, 3.63) is 22.6 Å². The first-order valence-electron chi connectivity index (χ1n) is 9.59. The second-order valence-corrected chi connectivity index (χ2v) is 8.38. The highest BCUT2D eigenvalue weighted by Gasteiger charge is 2.59. The second-order valence-electron chi connectivity index (χ2n) is 8.38. The number of Topliss-reactive ketones (excluding diaryl/α,β-unsaturated/α-hetero) is 1. The highest BCUT2D eigenvalue weighted by molar-refractivity contribution is 6.05. The van der Waals surface area contributed by atoms with Crippen molar-refractivity contribution in [1.82, 2.24) is 4.90 Å². The molecular weight excluding hydrogens is 375 g/mol. The Morgan fingerprint density at radius 2 is 2.00 bits per heavy atom. The molecule has 5 nitrogen and oxygen atoms in total. The Labute approximate surface area is 162 Å². The zero-order valence-corrected chi connectivity index (χ0v) is 16.6. The minimum absolute atomic E-state index is 0.0191. The van der Waals surface area contributed by atoms with Crippen molar-refractivity contribution in [1.29, 1.82) is 0 Å². The van der Waals surface area contributed by atoms with E-state index in [1.165, 1.54) is 6.92 Å². The number of furan rings is 1.